The molecule has 7 nitrogen and oxygen atoms in total. The molecule has 0 spiro atoms. The van der Waals surface area contributed by atoms with Crippen molar-refractivity contribution in [2.75, 3.05) is 6.61 Å². The quantitative estimate of drug-likeness (QED) is 0.439. The number of fused-ring (bicyclic) bond motifs is 3. The minimum atomic E-state index is -0.802. The molecule has 1 aliphatic rings. The van der Waals surface area contributed by atoms with Gasteiger partial charge in [0, 0.05) is 5.92 Å². The molecule has 2 amide bonds. The Labute approximate surface area is 194 Å². The highest BCUT2D eigenvalue weighted by molar-refractivity contribution is 5.86. The summed E-state index contributed by atoms with van der Waals surface area (Å²) in [6, 6.07) is 15.4. The van der Waals surface area contributed by atoms with Crippen LogP contribution in [0.15, 0.2) is 53.5 Å². The predicted molar refractivity (Wildman–Crippen MR) is 126 cm³/mol. The van der Waals surface area contributed by atoms with Gasteiger partial charge in [0.2, 0.25) is 12.0 Å². The summed E-state index contributed by atoms with van der Waals surface area (Å²) in [7, 11) is 0. The van der Waals surface area contributed by atoms with Gasteiger partial charge >= 0.3 is 6.09 Å². The van der Waals surface area contributed by atoms with Crippen molar-refractivity contribution in [2.45, 2.75) is 52.2 Å². The number of aliphatic imine (C=N–C) groups is 1. The Balaban J connectivity index is 1.67. The fourth-order valence-corrected chi connectivity index (χ4v) is 4.14. The molecule has 0 aromatic heterocycles. The summed E-state index contributed by atoms with van der Waals surface area (Å²) < 4.78 is 5.59. The van der Waals surface area contributed by atoms with E-state index < -0.39 is 24.2 Å². The van der Waals surface area contributed by atoms with Crippen LogP contribution in [0.3, 0.4) is 0 Å². The van der Waals surface area contributed by atoms with Crippen molar-refractivity contribution >= 4 is 18.1 Å². The first-order chi connectivity index (χ1) is 15.8. The SMILES string of the molecule is CC(C)C[C@H](NC(=O)OCC1c2ccccc2-c2ccccc21)C(=O)N[C@H](N=C=O)C(C)C. The fraction of sp³-hybridized carbons (Fsp3) is 0.423. The van der Waals surface area contributed by atoms with Crippen molar-refractivity contribution in [3.8, 4) is 11.1 Å². The van der Waals surface area contributed by atoms with Gasteiger partial charge in [-0.05, 0) is 40.5 Å². The molecule has 0 fully saturated rings. The topological polar surface area (TPSA) is 96.9 Å². The van der Waals surface area contributed by atoms with E-state index in [-0.39, 0.29) is 24.4 Å². The second-order valence-corrected chi connectivity index (χ2v) is 9.07. The molecule has 0 heterocycles. The number of rotatable bonds is 9. The fourth-order valence-electron chi connectivity index (χ4n) is 4.14. The van der Waals surface area contributed by atoms with Gasteiger partial charge in [-0.3, -0.25) is 4.79 Å². The van der Waals surface area contributed by atoms with E-state index in [1.807, 2.05) is 52.0 Å². The molecule has 2 N–H and O–H groups in total. The molecule has 174 valence electrons. The predicted octanol–water partition coefficient (Wildman–Crippen LogP) is 4.37. The second-order valence-electron chi connectivity index (χ2n) is 9.07. The van der Waals surface area contributed by atoms with Gasteiger partial charge in [-0.25, -0.2) is 9.59 Å². The van der Waals surface area contributed by atoms with Gasteiger partial charge in [-0.1, -0.05) is 76.2 Å². The maximum atomic E-state index is 12.8. The van der Waals surface area contributed by atoms with E-state index in [1.165, 1.54) is 6.08 Å². The molecule has 2 atom stereocenters. The Hall–Kier alpha value is -3.44. The minimum Gasteiger partial charge on any atom is -0.449 e. The van der Waals surface area contributed by atoms with E-state index in [4.69, 9.17) is 4.74 Å². The van der Waals surface area contributed by atoms with Crippen LogP contribution in [0.4, 0.5) is 4.79 Å². The van der Waals surface area contributed by atoms with Gasteiger partial charge in [0.05, 0.1) is 0 Å². The zero-order valence-electron chi connectivity index (χ0n) is 19.5. The minimum absolute atomic E-state index is 0.0622. The molecular formula is C26H31N3O4. The zero-order valence-corrected chi connectivity index (χ0v) is 19.5. The third-order valence-electron chi connectivity index (χ3n) is 5.77. The normalized spacial score (nSPS) is 14.1. The lowest BCUT2D eigenvalue weighted by Crippen LogP contribution is -2.51. The molecule has 3 rings (SSSR count). The van der Waals surface area contributed by atoms with Gasteiger partial charge in [-0.2, -0.15) is 4.99 Å². The largest absolute Gasteiger partial charge is 0.449 e. The van der Waals surface area contributed by atoms with Crippen LogP contribution in [-0.4, -0.2) is 36.9 Å². The van der Waals surface area contributed by atoms with Crippen molar-refractivity contribution < 1.29 is 19.1 Å². The van der Waals surface area contributed by atoms with Crippen molar-refractivity contribution in [1.82, 2.24) is 10.6 Å². The van der Waals surface area contributed by atoms with Gasteiger partial charge in [0.25, 0.3) is 0 Å². The highest BCUT2D eigenvalue weighted by Gasteiger charge is 2.30. The van der Waals surface area contributed by atoms with E-state index in [0.29, 0.717) is 6.42 Å². The molecule has 7 heteroatoms. The Bertz CT molecular complexity index is 998. The number of amides is 2. The number of alkyl carbamates (subject to hydrolysis) is 1. The Morgan fingerprint density at radius 2 is 1.55 bits per heavy atom. The summed E-state index contributed by atoms with van der Waals surface area (Å²) >= 11 is 0. The molecule has 0 saturated heterocycles. The summed E-state index contributed by atoms with van der Waals surface area (Å²) in [5.74, 6) is -0.408. The Morgan fingerprint density at radius 3 is 2.06 bits per heavy atom. The van der Waals surface area contributed by atoms with Crippen LogP contribution in [0.25, 0.3) is 11.1 Å². The molecule has 33 heavy (non-hydrogen) atoms. The molecule has 0 unspecified atom stereocenters. The summed E-state index contributed by atoms with van der Waals surface area (Å²) in [4.78, 5) is 39.8. The number of hydrogen-bond donors (Lipinski definition) is 2. The average molecular weight is 450 g/mol. The van der Waals surface area contributed by atoms with Crippen molar-refractivity contribution in [3.05, 3.63) is 59.7 Å². The Morgan fingerprint density at radius 1 is 0.970 bits per heavy atom. The van der Waals surface area contributed by atoms with Crippen molar-refractivity contribution in [2.24, 2.45) is 16.8 Å². The van der Waals surface area contributed by atoms with Gasteiger partial charge in [0.1, 0.15) is 18.8 Å². The molecule has 2 aromatic rings. The van der Waals surface area contributed by atoms with E-state index >= 15 is 0 Å². The number of carbonyl (C=O) groups excluding carboxylic acids is 3. The molecule has 0 bridgehead atoms. The van der Waals surface area contributed by atoms with Gasteiger partial charge < -0.3 is 15.4 Å². The number of benzene rings is 2. The van der Waals surface area contributed by atoms with Crippen LogP contribution in [-0.2, 0) is 14.3 Å². The lowest BCUT2D eigenvalue weighted by atomic mass is 9.98. The monoisotopic (exact) mass is 449 g/mol. The number of nitrogens with one attached hydrogen (secondary N) is 2. The summed E-state index contributed by atoms with van der Waals surface area (Å²) in [5, 5.41) is 5.41. The third-order valence-corrected chi connectivity index (χ3v) is 5.77. The smallest absolute Gasteiger partial charge is 0.407 e. The molecule has 0 saturated carbocycles. The van der Waals surface area contributed by atoms with Crippen molar-refractivity contribution in [1.29, 1.82) is 0 Å². The number of nitrogens with zero attached hydrogens (tertiary/aromatic N) is 1. The summed E-state index contributed by atoms with van der Waals surface area (Å²) in [5.41, 5.74) is 4.54. The first kappa shape index (κ1) is 24.2. The van der Waals surface area contributed by atoms with E-state index in [2.05, 4.69) is 39.9 Å². The van der Waals surface area contributed by atoms with Crippen LogP contribution < -0.4 is 10.6 Å². The van der Waals surface area contributed by atoms with Crippen LogP contribution in [0, 0.1) is 11.8 Å². The summed E-state index contributed by atoms with van der Waals surface area (Å²) in [6.45, 7) is 7.76. The van der Waals surface area contributed by atoms with E-state index in [0.717, 1.165) is 22.3 Å². The first-order valence-corrected chi connectivity index (χ1v) is 11.3. The van der Waals surface area contributed by atoms with Crippen molar-refractivity contribution in [3.63, 3.8) is 0 Å². The van der Waals surface area contributed by atoms with Gasteiger partial charge in [-0.15, -0.1) is 0 Å². The number of ether oxygens (including phenoxy) is 1. The number of carbonyl (C=O) groups is 2. The number of isocyanates is 1. The lowest BCUT2D eigenvalue weighted by molar-refractivity contribution is -0.124. The van der Waals surface area contributed by atoms with E-state index in [9.17, 15) is 14.4 Å². The maximum Gasteiger partial charge on any atom is 0.407 e. The average Bonchev–Trinajstić information content (AvgIpc) is 3.10. The lowest BCUT2D eigenvalue weighted by Gasteiger charge is -2.24. The molecular weight excluding hydrogens is 418 g/mol. The second kappa shape index (κ2) is 10.9. The van der Waals surface area contributed by atoms with Crippen LogP contribution >= 0.6 is 0 Å². The molecule has 2 aromatic carbocycles. The first-order valence-electron chi connectivity index (χ1n) is 11.3. The third kappa shape index (κ3) is 5.88. The Kier molecular flexibility index (Phi) is 8.01. The summed E-state index contributed by atoms with van der Waals surface area (Å²) in [6.07, 6.45) is 0.558. The van der Waals surface area contributed by atoms with E-state index in [1.54, 1.807) is 0 Å². The number of hydrogen-bond acceptors (Lipinski definition) is 5. The van der Waals surface area contributed by atoms with Crippen LogP contribution in [0.1, 0.15) is 51.2 Å². The highest BCUT2D eigenvalue weighted by atomic mass is 16.5. The molecule has 1 aliphatic carbocycles. The maximum absolute atomic E-state index is 12.8. The van der Waals surface area contributed by atoms with Gasteiger partial charge in [0.15, 0.2) is 0 Å². The highest BCUT2D eigenvalue weighted by Crippen LogP contribution is 2.44. The molecule has 0 radical (unpaired) electrons. The zero-order chi connectivity index (χ0) is 24.0. The molecule has 0 aliphatic heterocycles. The van der Waals surface area contributed by atoms with Crippen LogP contribution in [0.5, 0.6) is 0 Å². The standard InChI is InChI=1S/C26H31N3O4/c1-16(2)13-23(25(31)29-24(17(3)4)27-15-30)28-26(32)33-14-22-20-11-7-5-9-18(20)19-10-6-8-12-21(19)22/h5-12,16-17,22-24H,13-14H2,1-4H3,(H,28,32)(H,29,31)/t23-,24-/m0/s1. The van der Waals surface area contributed by atoms with Crippen LogP contribution in [0.2, 0.25) is 0 Å².